The Morgan fingerprint density at radius 2 is 1.48 bits per heavy atom. The molecule has 176 valence electrons. The Morgan fingerprint density at radius 1 is 0.879 bits per heavy atom. The van der Waals surface area contributed by atoms with Crippen LogP contribution in [-0.4, -0.2) is 91.6 Å². The minimum atomic E-state index is -0.0288. The Bertz CT molecular complexity index is 894. The second-order valence-electron chi connectivity index (χ2n) is 8.79. The number of nitrogens with one attached hydrogen (secondary N) is 1. The quantitative estimate of drug-likeness (QED) is 0.699. The lowest BCUT2D eigenvalue weighted by Crippen LogP contribution is -2.53. The van der Waals surface area contributed by atoms with Crippen LogP contribution in [0.2, 0.25) is 0 Å². The van der Waals surface area contributed by atoms with Crippen molar-refractivity contribution < 1.29 is 14.3 Å². The molecule has 2 aromatic rings. The first kappa shape index (κ1) is 23.4. The number of piperazine rings is 1. The van der Waals surface area contributed by atoms with Gasteiger partial charge in [0.15, 0.2) is 0 Å². The van der Waals surface area contributed by atoms with Crippen LogP contribution in [-0.2, 0) is 9.53 Å². The highest BCUT2D eigenvalue weighted by Crippen LogP contribution is 2.25. The van der Waals surface area contributed by atoms with Crippen molar-refractivity contribution in [1.29, 1.82) is 0 Å². The van der Waals surface area contributed by atoms with Gasteiger partial charge in [0, 0.05) is 50.9 Å². The maximum absolute atomic E-state index is 12.9. The smallest absolute Gasteiger partial charge is 0.253 e. The molecule has 0 aliphatic carbocycles. The zero-order chi connectivity index (χ0) is 23.0. The summed E-state index contributed by atoms with van der Waals surface area (Å²) < 4.78 is 5.54. The van der Waals surface area contributed by atoms with E-state index in [0.717, 1.165) is 26.3 Å². The molecule has 7 heteroatoms. The van der Waals surface area contributed by atoms with Gasteiger partial charge >= 0.3 is 0 Å². The number of carbonyl (C=O) groups is 2. The minimum Gasteiger partial charge on any atom is -0.379 e. The first-order valence-electron chi connectivity index (χ1n) is 11.8. The van der Waals surface area contributed by atoms with Gasteiger partial charge in [0.1, 0.15) is 0 Å². The van der Waals surface area contributed by atoms with Crippen LogP contribution in [0.25, 0.3) is 0 Å². The highest BCUT2D eigenvalue weighted by molar-refractivity contribution is 5.94. The summed E-state index contributed by atoms with van der Waals surface area (Å²) in [5.41, 5.74) is 1.92. The van der Waals surface area contributed by atoms with Gasteiger partial charge in [-0.25, -0.2) is 0 Å². The maximum Gasteiger partial charge on any atom is 0.253 e. The van der Waals surface area contributed by atoms with Crippen molar-refractivity contribution in [3.05, 3.63) is 71.8 Å². The van der Waals surface area contributed by atoms with Crippen molar-refractivity contribution in [2.24, 2.45) is 0 Å². The van der Waals surface area contributed by atoms with Crippen molar-refractivity contribution >= 4 is 11.8 Å². The predicted molar refractivity (Wildman–Crippen MR) is 128 cm³/mol. The summed E-state index contributed by atoms with van der Waals surface area (Å²) in [5, 5.41) is 3.24. The van der Waals surface area contributed by atoms with Gasteiger partial charge in [0.2, 0.25) is 5.91 Å². The summed E-state index contributed by atoms with van der Waals surface area (Å²) in [6.45, 7) is 8.26. The average Bonchev–Trinajstić information content (AvgIpc) is 2.86. The molecule has 2 aromatic carbocycles. The summed E-state index contributed by atoms with van der Waals surface area (Å²) in [7, 11) is 0. The molecule has 0 aromatic heterocycles. The van der Waals surface area contributed by atoms with Gasteiger partial charge < -0.3 is 15.0 Å². The van der Waals surface area contributed by atoms with Crippen LogP contribution >= 0.6 is 0 Å². The topological polar surface area (TPSA) is 65.1 Å². The first-order valence-corrected chi connectivity index (χ1v) is 11.8. The van der Waals surface area contributed by atoms with E-state index in [4.69, 9.17) is 4.74 Å². The fourth-order valence-electron chi connectivity index (χ4n) is 4.78. The van der Waals surface area contributed by atoms with E-state index in [9.17, 15) is 9.59 Å². The highest BCUT2D eigenvalue weighted by Gasteiger charge is 2.29. The van der Waals surface area contributed by atoms with Crippen molar-refractivity contribution in [1.82, 2.24) is 20.0 Å². The average molecular weight is 451 g/mol. The summed E-state index contributed by atoms with van der Waals surface area (Å²) >= 11 is 0. The van der Waals surface area contributed by atoms with Gasteiger partial charge in [-0.1, -0.05) is 48.5 Å². The molecule has 2 aliphatic heterocycles. The largest absolute Gasteiger partial charge is 0.379 e. The third kappa shape index (κ3) is 6.19. The number of rotatable bonds is 7. The fourth-order valence-corrected chi connectivity index (χ4v) is 4.78. The first-order chi connectivity index (χ1) is 16.1. The van der Waals surface area contributed by atoms with E-state index < -0.39 is 0 Å². The number of ether oxygens (including phenoxy) is 1. The summed E-state index contributed by atoms with van der Waals surface area (Å²) in [4.78, 5) is 31.9. The zero-order valence-electron chi connectivity index (χ0n) is 19.4. The van der Waals surface area contributed by atoms with Crippen LogP contribution in [0.4, 0.5) is 0 Å². The molecule has 2 heterocycles. The van der Waals surface area contributed by atoms with Crippen LogP contribution in [0.1, 0.15) is 28.9 Å². The molecule has 2 amide bonds. The number of amides is 2. The van der Waals surface area contributed by atoms with Gasteiger partial charge in [-0.05, 0) is 24.6 Å². The molecule has 2 aliphatic rings. The molecule has 33 heavy (non-hydrogen) atoms. The Hall–Kier alpha value is -2.74. The highest BCUT2D eigenvalue weighted by atomic mass is 16.5. The van der Waals surface area contributed by atoms with Gasteiger partial charge in [-0.2, -0.15) is 0 Å². The molecule has 2 saturated heterocycles. The minimum absolute atomic E-state index is 0.0273. The van der Waals surface area contributed by atoms with Gasteiger partial charge in [0.05, 0.1) is 25.8 Å². The molecule has 0 saturated carbocycles. The number of hydrogen-bond donors (Lipinski definition) is 1. The second kappa shape index (κ2) is 11.4. The van der Waals surface area contributed by atoms with Crippen LogP contribution in [0.5, 0.6) is 0 Å². The number of hydrogen-bond acceptors (Lipinski definition) is 5. The van der Waals surface area contributed by atoms with E-state index in [1.165, 1.54) is 5.56 Å². The van der Waals surface area contributed by atoms with Crippen molar-refractivity contribution in [2.75, 3.05) is 59.0 Å². The van der Waals surface area contributed by atoms with Crippen molar-refractivity contribution in [2.45, 2.75) is 19.0 Å². The molecule has 0 spiro atoms. The molecule has 2 fully saturated rings. The Labute approximate surface area is 196 Å². The monoisotopic (exact) mass is 450 g/mol. The van der Waals surface area contributed by atoms with Crippen LogP contribution in [0.15, 0.2) is 60.7 Å². The summed E-state index contributed by atoms with van der Waals surface area (Å²) in [5.74, 6) is 0.0871. The van der Waals surface area contributed by atoms with E-state index in [1.54, 1.807) is 0 Å². The Kier molecular flexibility index (Phi) is 8.10. The lowest BCUT2D eigenvalue weighted by molar-refractivity contribution is -0.123. The maximum atomic E-state index is 12.9. The third-order valence-corrected chi connectivity index (χ3v) is 6.49. The van der Waals surface area contributed by atoms with Crippen LogP contribution < -0.4 is 5.32 Å². The molecular formula is C26H34N4O3. The lowest BCUT2D eigenvalue weighted by atomic mass is 9.98. The molecule has 0 radical (unpaired) electrons. The Morgan fingerprint density at radius 3 is 2.12 bits per heavy atom. The normalized spacial score (nSPS) is 19.6. The van der Waals surface area contributed by atoms with Crippen molar-refractivity contribution in [3.63, 3.8) is 0 Å². The fraction of sp³-hybridized carbons (Fsp3) is 0.462. The second-order valence-corrected chi connectivity index (χ2v) is 8.79. The van der Waals surface area contributed by atoms with E-state index in [1.807, 2.05) is 53.4 Å². The number of nitrogens with zero attached hydrogens (tertiary/aromatic N) is 3. The third-order valence-electron chi connectivity index (χ3n) is 6.49. The lowest BCUT2D eigenvalue weighted by Gasteiger charge is -2.39. The van der Waals surface area contributed by atoms with Gasteiger partial charge in [-0.15, -0.1) is 0 Å². The SMILES string of the molecule is CC(NC(=O)CN1CCN(C(=O)c2ccccc2)CC1)C(c1ccccc1)N1CCOCC1. The zero-order valence-corrected chi connectivity index (χ0v) is 19.4. The molecule has 0 bridgehead atoms. The van der Waals surface area contributed by atoms with E-state index in [2.05, 4.69) is 34.2 Å². The number of morpholine rings is 1. The standard InChI is InChI=1S/C26H34N4O3/c1-21(25(22-8-4-2-5-9-22)29-16-18-33-19-17-29)27-24(31)20-28-12-14-30(15-13-28)26(32)23-10-6-3-7-11-23/h2-11,21,25H,12-20H2,1H3,(H,27,31). The number of carbonyl (C=O) groups excluding carboxylic acids is 2. The molecule has 7 nitrogen and oxygen atoms in total. The van der Waals surface area contributed by atoms with E-state index >= 15 is 0 Å². The molecule has 2 atom stereocenters. The summed E-state index contributed by atoms with van der Waals surface area (Å²) in [6, 6.07) is 19.8. The molecule has 4 rings (SSSR count). The predicted octanol–water partition coefficient (Wildman–Crippen LogP) is 2.02. The van der Waals surface area contributed by atoms with E-state index in [-0.39, 0.29) is 23.9 Å². The summed E-state index contributed by atoms with van der Waals surface area (Å²) in [6.07, 6.45) is 0. The van der Waals surface area contributed by atoms with Gasteiger partial charge in [0.25, 0.3) is 5.91 Å². The molecular weight excluding hydrogens is 416 g/mol. The molecule has 1 N–H and O–H groups in total. The number of benzene rings is 2. The van der Waals surface area contributed by atoms with Crippen molar-refractivity contribution in [3.8, 4) is 0 Å². The van der Waals surface area contributed by atoms with E-state index in [0.29, 0.717) is 38.3 Å². The van der Waals surface area contributed by atoms with Crippen LogP contribution in [0, 0.1) is 0 Å². The molecule has 2 unspecified atom stereocenters. The van der Waals surface area contributed by atoms with Gasteiger partial charge in [-0.3, -0.25) is 19.4 Å². The Balaban J connectivity index is 1.30. The van der Waals surface area contributed by atoms with Crippen LogP contribution in [0.3, 0.4) is 0 Å².